The van der Waals surface area contributed by atoms with Crippen molar-refractivity contribution in [2.24, 2.45) is 0 Å². The summed E-state index contributed by atoms with van der Waals surface area (Å²) in [4.78, 5) is 15.0. The van der Waals surface area contributed by atoms with Gasteiger partial charge in [-0.1, -0.05) is 11.6 Å². The number of hydrogen-bond donors (Lipinski definition) is 1. The highest BCUT2D eigenvalue weighted by molar-refractivity contribution is 9.10. The number of anilines is 1. The number of rotatable bonds is 2. The second-order valence-corrected chi connectivity index (χ2v) is 6.65. The molecule has 2 amide bonds. The van der Waals surface area contributed by atoms with Crippen molar-refractivity contribution in [1.29, 1.82) is 0 Å². The standard InChI is InChI=1S/C14H16BrClF3N3O/c1-9-6-10(15)11(16)7-12(9)20-13(23)22-4-2-21(3-5-22)8-14(17,18)19/h6-7H,2-5,8H2,1H3,(H,20,23). The van der Waals surface area contributed by atoms with Crippen molar-refractivity contribution in [3.63, 3.8) is 0 Å². The molecule has 4 nitrogen and oxygen atoms in total. The lowest BCUT2D eigenvalue weighted by Crippen LogP contribution is -2.52. The molecule has 1 fully saturated rings. The molecular formula is C14H16BrClF3N3O. The minimum atomic E-state index is -4.21. The molecular weight excluding hydrogens is 399 g/mol. The molecule has 1 aliphatic rings. The fourth-order valence-corrected chi connectivity index (χ4v) is 2.96. The van der Waals surface area contributed by atoms with E-state index in [1.807, 2.05) is 6.92 Å². The molecule has 0 atom stereocenters. The van der Waals surface area contributed by atoms with Crippen molar-refractivity contribution in [2.75, 3.05) is 38.0 Å². The average molecular weight is 415 g/mol. The SMILES string of the molecule is Cc1cc(Br)c(Cl)cc1NC(=O)N1CCN(CC(F)(F)F)CC1. The summed E-state index contributed by atoms with van der Waals surface area (Å²) in [6.45, 7) is 1.80. The minimum absolute atomic E-state index is 0.201. The van der Waals surface area contributed by atoms with E-state index in [1.54, 1.807) is 12.1 Å². The number of hydrogen-bond acceptors (Lipinski definition) is 2. The van der Waals surface area contributed by atoms with Crippen LogP contribution in [0.5, 0.6) is 0 Å². The molecule has 1 N–H and O–H groups in total. The Kier molecular flexibility index (Phi) is 5.80. The van der Waals surface area contributed by atoms with Crippen molar-refractivity contribution in [2.45, 2.75) is 13.1 Å². The quantitative estimate of drug-likeness (QED) is 0.790. The molecule has 0 saturated carbocycles. The zero-order valence-corrected chi connectivity index (χ0v) is 14.7. The smallest absolute Gasteiger partial charge is 0.322 e. The van der Waals surface area contributed by atoms with Gasteiger partial charge in [-0.05, 0) is 40.5 Å². The molecule has 0 unspecified atom stereocenters. The third kappa shape index (κ3) is 5.26. The van der Waals surface area contributed by atoms with E-state index < -0.39 is 12.7 Å². The van der Waals surface area contributed by atoms with Gasteiger partial charge in [0, 0.05) is 36.3 Å². The number of carbonyl (C=O) groups excluding carboxylic acids is 1. The number of carbonyl (C=O) groups is 1. The third-order valence-electron chi connectivity index (χ3n) is 3.57. The topological polar surface area (TPSA) is 35.6 Å². The summed E-state index contributed by atoms with van der Waals surface area (Å²) in [5, 5.41) is 3.23. The number of alkyl halides is 3. The van der Waals surface area contributed by atoms with Crippen LogP contribution in [0.15, 0.2) is 16.6 Å². The molecule has 0 aromatic heterocycles. The summed E-state index contributed by atoms with van der Waals surface area (Å²) < 4.78 is 37.8. The molecule has 1 heterocycles. The molecule has 1 aliphatic heterocycles. The lowest BCUT2D eigenvalue weighted by molar-refractivity contribution is -0.148. The molecule has 1 aromatic carbocycles. The fourth-order valence-electron chi connectivity index (χ4n) is 2.34. The Morgan fingerprint density at radius 1 is 1.30 bits per heavy atom. The fraction of sp³-hybridized carbons (Fsp3) is 0.500. The number of nitrogens with one attached hydrogen (secondary N) is 1. The maximum atomic E-state index is 12.3. The van der Waals surface area contributed by atoms with Crippen LogP contribution in [0, 0.1) is 6.92 Å². The first-order chi connectivity index (χ1) is 10.7. The summed E-state index contributed by atoms with van der Waals surface area (Å²) in [5.41, 5.74) is 1.42. The van der Waals surface area contributed by atoms with E-state index in [0.29, 0.717) is 10.7 Å². The number of benzene rings is 1. The largest absolute Gasteiger partial charge is 0.401 e. The van der Waals surface area contributed by atoms with Gasteiger partial charge >= 0.3 is 12.2 Å². The first-order valence-electron chi connectivity index (χ1n) is 6.96. The van der Waals surface area contributed by atoms with Gasteiger partial charge < -0.3 is 10.2 Å². The van der Waals surface area contributed by atoms with Crippen LogP contribution < -0.4 is 5.32 Å². The summed E-state index contributed by atoms with van der Waals surface area (Å²) in [5.74, 6) is 0. The Morgan fingerprint density at radius 2 is 1.91 bits per heavy atom. The van der Waals surface area contributed by atoms with E-state index >= 15 is 0 Å². The highest BCUT2D eigenvalue weighted by atomic mass is 79.9. The van der Waals surface area contributed by atoms with Crippen molar-refractivity contribution in [1.82, 2.24) is 9.80 Å². The highest BCUT2D eigenvalue weighted by Gasteiger charge is 2.32. The molecule has 1 aromatic rings. The predicted molar refractivity (Wildman–Crippen MR) is 87.0 cm³/mol. The summed E-state index contributed by atoms with van der Waals surface area (Å²) >= 11 is 9.31. The maximum absolute atomic E-state index is 12.3. The number of halogens is 5. The molecule has 0 bridgehead atoms. The van der Waals surface area contributed by atoms with Crippen molar-refractivity contribution in [3.8, 4) is 0 Å². The van der Waals surface area contributed by atoms with Crippen LogP contribution >= 0.6 is 27.5 Å². The molecule has 23 heavy (non-hydrogen) atoms. The molecule has 0 aliphatic carbocycles. The third-order valence-corrected chi connectivity index (χ3v) is 4.77. The van der Waals surface area contributed by atoms with Crippen molar-refractivity contribution in [3.05, 3.63) is 27.2 Å². The molecule has 128 valence electrons. The van der Waals surface area contributed by atoms with Crippen LogP contribution in [0.4, 0.5) is 23.7 Å². The zero-order valence-electron chi connectivity index (χ0n) is 12.4. The molecule has 2 rings (SSSR count). The van der Waals surface area contributed by atoms with Crippen molar-refractivity contribution >= 4 is 39.2 Å². The average Bonchev–Trinajstić information content (AvgIpc) is 2.43. The minimum Gasteiger partial charge on any atom is -0.322 e. The van der Waals surface area contributed by atoms with E-state index in [0.717, 1.165) is 10.0 Å². The van der Waals surface area contributed by atoms with E-state index in [2.05, 4.69) is 21.2 Å². The number of nitrogens with zero attached hydrogens (tertiary/aromatic N) is 2. The summed E-state index contributed by atoms with van der Waals surface area (Å²) in [6, 6.07) is 3.09. The van der Waals surface area contributed by atoms with Crippen LogP contribution in [0.1, 0.15) is 5.56 Å². The highest BCUT2D eigenvalue weighted by Crippen LogP contribution is 2.29. The van der Waals surface area contributed by atoms with Crippen LogP contribution in [-0.2, 0) is 0 Å². The van der Waals surface area contributed by atoms with Gasteiger partial charge in [0.25, 0.3) is 0 Å². The second-order valence-electron chi connectivity index (χ2n) is 5.39. The van der Waals surface area contributed by atoms with Gasteiger partial charge in [0.2, 0.25) is 0 Å². The van der Waals surface area contributed by atoms with Crippen LogP contribution in [0.3, 0.4) is 0 Å². The van der Waals surface area contributed by atoms with E-state index in [4.69, 9.17) is 11.6 Å². The Morgan fingerprint density at radius 3 is 2.48 bits per heavy atom. The lowest BCUT2D eigenvalue weighted by atomic mass is 10.2. The Balaban J connectivity index is 1.92. The van der Waals surface area contributed by atoms with E-state index in [9.17, 15) is 18.0 Å². The van der Waals surface area contributed by atoms with Crippen molar-refractivity contribution < 1.29 is 18.0 Å². The van der Waals surface area contributed by atoms with Crippen LogP contribution in [0.2, 0.25) is 5.02 Å². The van der Waals surface area contributed by atoms with Gasteiger partial charge in [0.1, 0.15) is 0 Å². The first kappa shape index (κ1) is 18.4. The predicted octanol–water partition coefficient (Wildman–Crippen LogP) is 4.12. The zero-order chi connectivity index (χ0) is 17.2. The van der Waals surface area contributed by atoms with Gasteiger partial charge in [0.05, 0.1) is 11.6 Å². The van der Waals surface area contributed by atoms with Gasteiger partial charge in [0.15, 0.2) is 0 Å². The second kappa shape index (κ2) is 7.27. The van der Waals surface area contributed by atoms with E-state index in [-0.39, 0.29) is 32.2 Å². The monoisotopic (exact) mass is 413 g/mol. The van der Waals surface area contributed by atoms with Gasteiger partial charge in [-0.15, -0.1) is 0 Å². The molecule has 0 spiro atoms. The van der Waals surface area contributed by atoms with Gasteiger partial charge in [-0.3, -0.25) is 4.90 Å². The number of aryl methyl sites for hydroxylation is 1. The van der Waals surface area contributed by atoms with Crippen LogP contribution in [-0.4, -0.2) is 54.7 Å². The van der Waals surface area contributed by atoms with E-state index in [1.165, 1.54) is 9.80 Å². The molecule has 1 saturated heterocycles. The lowest BCUT2D eigenvalue weighted by Gasteiger charge is -2.35. The number of piperazine rings is 1. The number of amides is 2. The summed E-state index contributed by atoms with van der Waals surface area (Å²) in [6.07, 6.45) is -4.21. The summed E-state index contributed by atoms with van der Waals surface area (Å²) in [7, 11) is 0. The Labute approximate surface area is 145 Å². The first-order valence-corrected chi connectivity index (χ1v) is 8.13. The Bertz CT molecular complexity index is 589. The molecule has 9 heteroatoms. The van der Waals surface area contributed by atoms with Gasteiger partial charge in [-0.25, -0.2) is 4.79 Å². The Hall–Kier alpha value is -0.990. The maximum Gasteiger partial charge on any atom is 0.401 e. The van der Waals surface area contributed by atoms with Crippen LogP contribution in [0.25, 0.3) is 0 Å². The van der Waals surface area contributed by atoms with Gasteiger partial charge in [-0.2, -0.15) is 13.2 Å². The normalized spacial score (nSPS) is 16.5. The molecule has 0 radical (unpaired) electrons. The number of urea groups is 1.